The predicted molar refractivity (Wildman–Crippen MR) is 106 cm³/mol. The Hall–Kier alpha value is -3.42. The van der Waals surface area contributed by atoms with E-state index in [9.17, 15) is 20.0 Å². The number of nitro benzene ring substituents is 1. The standard InChI is InChI=1S/C20H23N3O5/c1-4-13(2)15-5-7-18(8-6-15)28-12-19(24)22-21-11-16-10-17(23(26)27)9-14(3)20(16)25/h5-11,13,25H,4,12H2,1-3H3,(H,22,24)/b21-11+/t13-/m1/s1. The van der Waals surface area contributed by atoms with Crippen LogP contribution in [0.5, 0.6) is 11.5 Å². The van der Waals surface area contributed by atoms with Crippen LogP contribution in [-0.2, 0) is 4.79 Å². The molecular weight excluding hydrogens is 362 g/mol. The highest BCUT2D eigenvalue weighted by Gasteiger charge is 2.12. The number of nitro groups is 1. The van der Waals surface area contributed by atoms with Crippen LogP contribution in [-0.4, -0.2) is 28.8 Å². The molecule has 0 heterocycles. The van der Waals surface area contributed by atoms with E-state index in [2.05, 4.69) is 24.4 Å². The van der Waals surface area contributed by atoms with Crippen molar-refractivity contribution < 1.29 is 19.6 Å². The van der Waals surface area contributed by atoms with Crippen LogP contribution in [0.25, 0.3) is 0 Å². The van der Waals surface area contributed by atoms with Crippen LogP contribution in [0.3, 0.4) is 0 Å². The van der Waals surface area contributed by atoms with E-state index in [4.69, 9.17) is 4.74 Å². The molecule has 8 heteroatoms. The lowest BCUT2D eigenvalue weighted by Gasteiger charge is -2.10. The monoisotopic (exact) mass is 385 g/mol. The van der Waals surface area contributed by atoms with E-state index in [1.165, 1.54) is 17.7 Å². The molecule has 0 aliphatic rings. The normalized spacial score (nSPS) is 12.0. The molecule has 0 aliphatic heterocycles. The van der Waals surface area contributed by atoms with Crippen molar-refractivity contribution in [1.29, 1.82) is 0 Å². The van der Waals surface area contributed by atoms with Crippen LogP contribution in [0, 0.1) is 17.0 Å². The minimum Gasteiger partial charge on any atom is -0.507 e. The number of carbonyl (C=O) groups is 1. The summed E-state index contributed by atoms with van der Waals surface area (Å²) in [7, 11) is 0. The van der Waals surface area contributed by atoms with Gasteiger partial charge in [0.1, 0.15) is 11.5 Å². The summed E-state index contributed by atoms with van der Waals surface area (Å²) in [6.45, 7) is 5.56. The van der Waals surface area contributed by atoms with Gasteiger partial charge in [-0.3, -0.25) is 14.9 Å². The molecule has 8 nitrogen and oxygen atoms in total. The first kappa shape index (κ1) is 20.9. The number of rotatable bonds is 8. The van der Waals surface area contributed by atoms with E-state index >= 15 is 0 Å². The second-order valence-corrected chi connectivity index (χ2v) is 6.42. The molecule has 0 spiro atoms. The van der Waals surface area contributed by atoms with Crippen molar-refractivity contribution in [3.63, 3.8) is 0 Å². The summed E-state index contributed by atoms with van der Waals surface area (Å²) in [5, 5.41) is 24.6. The molecule has 0 bridgehead atoms. The van der Waals surface area contributed by atoms with Crippen molar-refractivity contribution in [2.75, 3.05) is 6.61 Å². The fourth-order valence-electron chi connectivity index (χ4n) is 2.47. The Balaban J connectivity index is 1.91. The lowest BCUT2D eigenvalue weighted by atomic mass is 9.99. The third-order valence-electron chi connectivity index (χ3n) is 4.35. The molecule has 2 aromatic rings. The Labute approximate surface area is 163 Å². The largest absolute Gasteiger partial charge is 0.507 e. The third-order valence-corrected chi connectivity index (χ3v) is 4.35. The number of ether oxygens (including phenoxy) is 1. The highest BCUT2D eigenvalue weighted by molar-refractivity contribution is 5.87. The number of phenols is 1. The first-order valence-corrected chi connectivity index (χ1v) is 8.84. The summed E-state index contributed by atoms with van der Waals surface area (Å²) in [6.07, 6.45) is 2.19. The Bertz CT molecular complexity index is 878. The van der Waals surface area contributed by atoms with Crippen molar-refractivity contribution in [2.45, 2.75) is 33.1 Å². The molecule has 0 saturated carbocycles. The minimum atomic E-state index is -0.567. The van der Waals surface area contributed by atoms with Gasteiger partial charge in [-0.05, 0) is 42.5 Å². The molecule has 2 rings (SSSR count). The molecule has 0 fully saturated rings. The second kappa shape index (κ2) is 9.50. The number of hydrogen-bond acceptors (Lipinski definition) is 6. The van der Waals surface area contributed by atoms with Gasteiger partial charge in [-0.15, -0.1) is 0 Å². The van der Waals surface area contributed by atoms with Crippen LogP contribution < -0.4 is 10.2 Å². The Morgan fingerprint density at radius 1 is 1.36 bits per heavy atom. The highest BCUT2D eigenvalue weighted by Crippen LogP contribution is 2.26. The lowest BCUT2D eigenvalue weighted by molar-refractivity contribution is -0.384. The van der Waals surface area contributed by atoms with Crippen LogP contribution in [0.1, 0.15) is 42.9 Å². The number of aromatic hydroxyl groups is 1. The van der Waals surface area contributed by atoms with E-state index in [-0.39, 0.29) is 23.6 Å². The quantitative estimate of drug-likeness (QED) is 0.409. The summed E-state index contributed by atoms with van der Waals surface area (Å²) in [5.41, 5.74) is 3.76. The highest BCUT2D eigenvalue weighted by atomic mass is 16.6. The van der Waals surface area contributed by atoms with Crippen molar-refractivity contribution in [3.8, 4) is 11.5 Å². The summed E-state index contributed by atoms with van der Waals surface area (Å²) < 4.78 is 5.41. The summed E-state index contributed by atoms with van der Waals surface area (Å²) in [4.78, 5) is 22.2. The average Bonchev–Trinajstić information content (AvgIpc) is 2.69. The van der Waals surface area contributed by atoms with Crippen LogP contribution >= 0.6 is 0 Å². The van der Waals surface area contributed by atoms with Crippen LogP contribution in [0.2, 0.25) is 0 Å². The number of aryl methyl sites for hydroxylation is 1. The first-order valence-electron chi connectivity index (χ1n) is 8.84. The van der Waals surface area contributed by atoms with Gasteiger partial charge in [0.15, 0.2) is 6.61 Å². The van der Waals surface area contributed by atoms with Gasteiger partial charge in [0.05, 0.1) is 11.1 Å². The van der Waals surface area contributed by atoms with E-state index in [0.717, 1.165) is 12.6 Å². The van der Waals surface area contributed by atoms with Gasteiger partial charge in [0, 0.05) is 17.7 Å². The summed E-state index contributed by atoms with van der Waals surface area (Å²) in [6, 6.07) is 9.98. The molecule has 1 atom stereocenters. The smallest absolute Gasteiger partial charge is 0.277 e. The van der Waals surface area contributed by atoms with Gasteiger partial charge in [-0.1, -0.05) is 26.0 Å². The molecule has 0 aromatic heterocycles. The minimum absolute atomic E-state index is 0.133. The molecular formula is C20H23N3O5. The number of hydrazone groups is 1. The number of hydrogen-bond donors (Lipinski definition) is 2. The topological polar surface area (TPSA) is 114 Å². The molecule has 2 aromatic carbocycles. The Morgan fingerprint density at radius 2 is 2.04 bits per heavy atom. The average molecular weight is 385 g/mol. The van der Waals surface area contributed by atoms with Crippen molar-refractivity contribution in [2.24, 2.45) is 5.10 Å². The van der Waals surface area contributed by atoms with Crippen molar-refractivity contribution in [1.82, 2.24) is 5.43 Å². The molecule has 1 amide bonds. The van der Waals surface area contributed by atoms with Crippen molar-refractivity contribution in [3.05, 3.63) is 63.2 Å². The second-order valence-electron chi connectivity index (χ2n) is 6.42. The fourth-order valence-corrected chi connectivity index (χ4v) is 2.47. The van der Waals surface area contributed by atoms with Gasteiger partial charge in [-0.25, -0.2) is 5.43 Å². The van der Waals surface area contributed by atoms with Gasteiger partial charge >= 0.3 is 0 Å². The zero-order valence-corrected chi connectivity index (χ0v) is 16.0. The number of nitrogens with one attached hydrogen (secondary N) is 1. The van der Waals surface area contributed by atoms with Gasteiger partial charge in [0.25, 0.3) is 11.6 Å². The molecule has 0 aliphatic carbocycles. The lowest BCUT2D eigenvalue weighted by Crippen LogP contribution is -2.24. The molecule has 0 unspecified atom stereocenters. The number of benzene rings is 2. The number of phenolic OH excluding ortho intramolecular Hbond substituents is 1. The molecule has 0 saturated heterocycles. The van der Waals surface area contributed by atoms with E-state index < -0.39 is 10.8 Å². The molecule has 148 valence electrons. The molecule has 2 N–H and O–H groups in total. The fraction of sp³-hybridized carbons (Fsp3) is 0.300. The van der Waals surface area contributed by atoms with E-state index in [1.807, 2.05) is 24.3 Å². The number of non-ortho nitro benzene ring substituents is 1. The van der Waals surface area contributed by atoms with E-state index in [1.54, 1.807) is 6.92 Å². The zero-order chi connectivity index (χ0) is 20.7. The molecule has 0 radical (unpaired) electrons. The van der Waals surface area contributed by atoms with E-state index in [0.29, 0.717) is 17.2 Å². The maximum Gasteiger partial charge on any atom is 0.277 e. The number of carbonyl (C=O) groups excluding carboxylic acids is 1. The van der Waals surface area contributed by atoms with Crippen molar-refractivity contribution >= 4 is 17.8 Å². The Morgan fingerprint density at radius 3 is 2.64 bits per heavy atom. The first-order chi connectivity index (χ1) is 13.3. The zero-order valence-electron chi connectivity index (χ0n) is 16.0. The summed E-state index contributed by atoms with van der Waals surface area (Å²) >= 11 is 0. The summed E-state index contributed by atoms with van der Waals surface area (Å²) in [5.74, 6) is 0.392. The predicted octanol–water partition coefficient (Wildman–Crippen LogP) is 3.65. The van der Waals surface area contributed by atoms with Gasteiger partial charge in [-0.2, -0.15) is 5.10 Å². The molecule has 28 heavy (non-hydrogen) atoms. The maximum absolute atomic E-state index is 11.8. The van der Waals surface area contributed by atoms with Crippen LogP contribution in [0.4, 0.5) is 5.69 Å². The third kappa shape index (κ3) is 5.54. The SMILES string of the molecule is CC[C@@H](C)c1ccc(OCC(=O)N/N=C/c2cc([N+](=O)[O-])cc(C)c2O)cc1. The Kier molecular flexibility index (Phi) is 7.08. The number of nitrogens with zero attached hydrogens (tertiary/aromatic N) is 2. The number of amides is 1. The maximum atomic E-state index is 11.8. The van der Waals surface area contributed by atoms with Gasteiger partial charge in [0.2, 0.25) is 0 Å². The van der Waals surface area contributed by atoms with Crippen LogP contribution in [0.15, 0.2) is 41.5 Å². The van der Waals surface area contributed by atoms with Gasteiger partial charge < -0.3 is 9.84 Å².